The van der Waals surface area contributed by atoms with Crippen molar-refractivity contribution in [1.82, 2.24) is 0 Å². The maximum absolute atomic E-state index is 4.85. The van der Waals surface area contributed by atoms with Gasteiger partial charge >= 0.3 is 0 Å². The predicted molar refractivity (Wildman–Crippen MR) is 24.7 cm³/mol. The molecule has 0 bridgehead atoms. The molecule has 0 saturated heterocycles. The lowest BCUT2D eigenvalue weighted by Gasteiger charge is -1.97. The SMILES string of the molecule is C#CC(C)OON. The lowest BCUT2D eigenvalue weighted by Crippen LogP contribution is -2.09. The van der Waals surface area contributed by atoms with Crippen molar-refractivity contribution in [2.24, 2.45) is 5.90 Å². The van der Waals surface area contributed by atoms with Crippen LogP contribution in [-0.4, -0.2) is 6.10 Å². The molecule has 40 valence electrons. The van der Waals surface area contributed by atoms with Crippen LogP contribution in [0.1, 0.15) is 6.92 Å². The fourth-order valence-electron chi connectivity index (χ4n) is 0.111. The molecule has 0 amide bonds. The van der Waals surface area contributed by atoms with Crippen molar-refractivity contribution in [3.8, 4) is 12.3 Å². The van der Waals surface area contributed by atoms with Gasteiger partial charge in [0.05, 0.1) is 0 Å². The van der Waals surface area contributed by atoms with E-state index in [0.29, 0.717) is 0 Å². The highest BCUT2D eigenvalue weighted by Crippen LogP contribution is 1.82. The van der Waals surface area contributed by atoms with E-state index in [1.54, 1.807) is 6.92 Å². The number of rotatable bonds is 2. The predicted octanol–water partition coefficient (Wildman–Crippen LogP) is -0.170. The van der Waals surface area contributed by atoms with E-state index in [1.807, 2.05) is 0 Å². The lowest BCUT2D eigenvalue weighted by molar-refractivity contribution is -0.313. The number of nitrogens with two attached hydrogens (primary N) is 1. The van der Waals surface area contributed by atoms with Crippen LogP contribution in [0.3, 0.4) is 0 Å². The Morgan fingerprint density at radius 1 is 1.86 bits per heavy atom. The van der Waals surface area contributed by atoms with Gasteiger partial charge < -0.3 is 0 Å². The van der Waals surface area contributed by atoms with Gasteiger partial charge in [-0.3, -0.25) is 0 Å². The molecular weight excluding hydrogens is 94.0 g/mol. The standard InChI is InChI=1S/C4H7NO2/c1-3-4(2)6-7-5/h1,4H,5H2,2H3. The van der Waals surface area contributed by atoms with Gasteiger partial charge in [-0.05, 0) is 6.92 Å². The van der Waals surface area contributed by atoms with Gasteiger partial charge in [-0.1, -0.05) is 5.92 Å². The van der Waals surface area contributed by atoms with Crippen LogP contribution < -0.4 is 5.90 Å². The van der Waals surface area contributed by atoms with Gasteiger partial charge in [0.15, 0.2) is 6.10 Å². The van der Waals surface area contributed by atoms with Crippen molar-refractivity contribution >= 4 is 0 Å². The number of hydrogen-bond donors (Lipinski definition) is 1. The maximum Gasteiger partial charge on any atom is 0.152 e. The van der Waals surface area contributed by atoms with Crippen LogP contribution in [0.4, 0.5) is 0 Å². The Labute approximate surface area is 42.3 Å². The van der Waals surface area contributed by atoms with Crippen molar-refractivity contribution in [2.75, 3.05) is 0 Å². The molecule has 0 heterocycles. The highest BCUT2D eigenvalue weighted by molar-refractivity contribution is 4.90. The zero-order valence-corrected chi connectivity index (χ0v) is 4.05. The zero-order valence-electron chi connectivity index (χ0n) is 4.05. The molecule has 0 aromatic rings. The molecule has 1 unspecified atom stereocenters. The summed E-state index contributed by atoms with van der Waals surface area (Å²) in [7, 11) is 0. The van der Waals surface area contributed by atoms with Crippen LogP contribution in [-0.2, 0) is 9.88 Å². The van der Waals surface area contributed by atoms with Crippen LogP contribution >= 0.6 is 0 Å². The van der Waals surface area contributed by atoms with Gasteiger partial charge in [0.2, 0.25) is 0 Å². The Hall–Kier alpha value is -0.560. The summed E-state index contributed by atoms with van der Waals surface area (Å²) in [5.74, 6) is 6.73. The number of terminal acetylenes is 1. The van der Waals surface area contributed by atoms with Crippen molar-refractivity contribution in [3.63, 3.8) is 0 Å². The van der Waals surface area contributed by atoms with Gasteiger partial charge in [-0.2, -0.15) is 5.90 Å². The second kappa shape index (κ2) is 3.62. The fraction of sp³-hybridized carbons (Fsp3) is 0.500. The maximum atomic E-state index is 4.85. The first-order chi connectivity index (χ1) is 3.31. The molecule has 0 spiro atoms. The third kappa shape index (κ3) is 3.27. The first-order valence-electron chi connectivity index (χ1n) is 1.79. The van der Waals surface area contributed by atoms with Crippen LogP contribution in [0, 0.1) is 12.3 Å². The summed E-state index contributed by atoms with van der Waals surface area (Å²) in [6.45, 7) is 1.65. The van der Waals surface area contributed by atoms with E-state index in [2.05, 4.69) is 21.7 Å². The summed E-state index contributed by atoms with van der Waals surface area (Å²) in [5, 5.41) is 0. The first kappa shape index (κ1) is 6.44. The highest BCUT2D eigenvalue weighted by Gasteiger charge is 1.91. The van der Waals surface area contributed by atoms with E-state index in [1.165, 1.54) is 0 Å². The molecule has 7 heavy (non-hydrogen) atoms. The van der Waals surface area contributed by atoms with Gasteiger partial charge in [-0.15, -0.1) is 11.4 Å². The van der Waals surface area contributed by atoms with Gasteiger partial charge in [0.25, 0.3) is 0 Å². The van der Waals surface area contributed by atoms with Gasteiger partial charge in [0.1, 0.15) is 0 Å². The summed E-state index contributed by atoms with van der Waals surface area (Å²) in [4.78, 5) is 7.98. The van der Waals surface area contributed by atoms with Crippen molar-refractivity contribution < 1.29 is 9.88 Å². The van der Waals surface area contributed by atoms with E-state index < -0.39 is 0 Å². The van der Waals surface area contributed by atoms with E-state index in [9.17, 15) is 0 Å². The molecule has 0 aliphatic rings. The molecule has 0 aliphatic carbocycles. The molecule has 2 N–H and O–H groups in total. The van der Waals surface area contributed by atoms with Crippen LogP contribution in [0.25, 0.3) is 0 Å². The Morgan fingerprint density at radius 2 is 2.43 bits per heavy atom. The molecule has 3 heteroatoms. The molecule has 0 aromatic heterocycles. The van der Waals surface area contributed by atoms with Crippen molar-refractivity contribution in [2.45, 2.75) is 13.0 Å². The van der Waals surface area contributed by atoms with Crippen LogP contribution in [0.15, 0.2) is 0 Å². The molecule has 0 radical (unpaired) electrons. The average Bonchev–Trinajstić information content (AvgIpc) is 1.68. The molecule has 0 aromatic carbocycles. The second-order valence-corrected chi connectivity index (χ2v) is 1.00. The normalized spacial score (nSPS) is 12.7. The molecule has 0 fully saturated rings. The summed E-state index contributed by atoms with van der Waals surface area (Å²) in [5.41, 5.74) is 0. The minimum atomic E-state index is -0.370. The van der Waals surface area contributed by atoms with Gasteiger partial charge in [-0.25, -0.2) is 4.89 Å². The van der Waals surface area contributed by atoms with Crippen molar-refractivity contribution in [3.05, 3.63) is 0 Å². The molecule has 1 atom stereocenters. The second-order valence-electron chi connectivity index (χ2n) is 1.00. The Balaban J connectivity index is 3.04. The van der Waals surface area contributed by atoms with E-state index in [-0.39, 0.29) is 6.10 Å². The Morgan fingerprint density at radius 3 is 2.57 bits per heavy atom. The summed E-state index contributed by atoms with van der Waals surface area (Å²) < 4.78 is 0. The molecule has 0 aliphatic heterocycles. The highest BCUT2D eigenvalue weighted by atomic mass is 17.3. The van der Waals surface area contributed by atoms with Crippen LogP contribution in [0.2, 0.25) is 0 Å². The minimum absolute atomic E-state index is 0.370. The fourth-order valence-corrected chi connectivity index (χ4v) is 0.111. The zero-order chi connectivity index (χ0) is 5.70. The quantitative estimate of drug-likeness (QED) is 0.298. The summed E-state index contributed by atoms with van der Waals surface area (Å²) in [6.07, 6.45) is 4.48. The number of hydrogen-bond acceptors (Lipinski definition) is 3. The molecule has 0 rings (SSSR count). The molecular formula is C4H7NO2. The first-order valence-corrected chi connectivity index (χ1v) is 1.79. The van der Waals surface area contributed by atoms with E-state index in [4.69, 9.17) is 6.42 Å². The topological polar surface area (TPSA) is 44.5 Å². The monoisotopic (exact) mass is 101 g/mol. The minimum Gasteiger partial charge on any atom is -0.202 e. The van der Waals surface area contributed by atoms with Crippen LogP contribution in [0.5, 0.6) is 0 Å². The Kier molecular flexibility index (Phi) is 3.33. The van der Waals surface area contributed by atoms with E-state index in [0.717, 1.165) is 0 Å². The molecule has 3 nitrogen and oxygen atoms in total. The third-order valence-corrected chi connectivity index (χ3v) is 0.435. The lowest BCUT2D eigenvalue weighted by atomic mass is 10.4. The third-order valence-electron chi connectivity index (χ3n) is 0.435. The smallest absolute Gasteiger partial charge is 0.152 e. The summed E-state index contributed by atoms with van der Waals surface area (Å²) >= 11 is 0. The largest absolute Gasteiger partial charge is 0.202 e. The van der Waals surface area contributed by atoms with E-state index >= 15 is 0 Å². The van der Waals surface area contributed by atoms with Crippen molar-refractivity contribution in [1.29, 1.82) is 0 Å². The summed E-state index contributed by atoms with van der Waals surface area (Å²) in [6, 6.07) is 0. The van der Waals surface area contributed by atoms with Gasteiger partial charge in [0, 0.05) is 0 Å². The Bertz CT molecular complexity index is 76.2. The average molecular weight is 101 g/mol. The molecule has 0 saturated carbocycles.